The van der Waals surface area contributed by atoms with Crippen molar-refractivity contribution in [3.8, 4) is 17.2 Å². The number of hydrogen-bond acceptors (Lipinski definition) is 8. The van der Waals surface area contributed by atoms with E-state index in [1.54, 1.807) is 57.4 Å². The molecule has 42 heavy (non-hydrogen) atoms. The van der Waals surface area contributed by atoms with Crippen molar-refractivity contribution in [3.05, 3.63) is 77.9 Å². The third kappa shape index (κ3) is 6.80. The van der Waals surface area contributed by atoms with E-state index in [1.807, 2.05) is 30.3 Å². The molecule has 1 saturated heterocycles. The fraction of sp³-hybridized carbons (Fsp3) is 0.290. The van der Waals surface area contributed by atoms with Crippen molar-refractivity contribution in [2.75, 3.05) is 44.7 Å². The van der Waals surface area contributed by atoms with Crippen molar-refractivity contribution in [1.29, 1.82) is 0 Å². The van der Waals surface area contributed by atoms with Crippen molar-refractivity contribution in [2.45, 2.75) is 25.8 Å². The molecule has 1 aliphatic heterocycles. The molecule has 0 aromatic heterocycles. The summed E-state index contributed by atoms with van der Waals surface area (Å²) in [5, 5.41) is 3.49. The summed E-state index contributed by atoms with van der Waals surface area (Å²) in [5.74, 6) is 0.642. The van der Waals surface area contributed by atoms with Gasteiger partial charge in [-0.15, -0.1) is 0 Å². The largest absolute Gasteiger partial charge is 0.497 e. The van der Waals surface area contributed by atoms with Crippen LogP contribution in [0.15, 0.2) is 66.7 Å². The molecule has 220 valence electrons. The number of anilines is 2. The number of thiocarbonyl (C=S) groups is 1. The Balaban J connectivity index is 1.58. The molecule has 3 aromatic rings. The first-order valence-corrected chi connectivity index (χ1v) is 13.8. The standard InChI is InChI=1S/C31H33N3O7S/c1-5-41-30(37)21-7-11-23(12-8-21)34-28(35)19-25(29(34)36)33(31(42)32-22-9-13-24(38-2)14-10-22)17-16-20-6-15-26(39-3)27(18-20)40-4/h6-15,18,25H,5,16-17,19H2,1-4H3,(H,32,42). The molecule has 0 bridgehead atoms. The van der Waals surface area contributed by atoms with E-state index >= 15 is 0 Å². The lowest BCUT2D eigenvalue weighted by atomic mass is 10.1. The Morgan fingerprint density at radius 3 is 2.26 bits per heavy atom. The summed E-state index contributed by atoms with van der Waals surface area (Å²) in [6, 6.07) is 18.2. The Morgan fingerprint density at radius 1 is 0.952 bits per heavy atom. The molecule has 10 nitrogen and oxygen atoms in total. The van der Waals surface area contributed by atoms with Crippen molar-refractivity contribution >= 4 is 46.5 Å². The van der Waals surface area contributed by atoms with Crippen molar-refractivity contribution in [1.82, 2.24) is 4.90 Å². The van der Waals surface area contributed by atoms with Crippen LogP contribution in [0.2, 0.25) is 0 Å². The van der Waals surface area contributed by atoms with E-state index in [9.17, 15) is 14.4 Å². The Bertz CT molecular complexity index is 1440. The Labute approximate surface area is 250 Å². The molecule has 0 radical (unpaired) electrons. The van der Waals surface area contributed by atoms with Crippen LogP contribution in [0.25, 0.3) is 0 Å². The van der Waals surface area contributed by atoms with Gasteiger partial charge in [-0.2, -0.15) is 0 Å². The van der Waals surface area contributed by atoms with Gasteiger partial charge in [-0.05, 0) is 91.8 Å². The van der Waals surface area contributed by atoms with Gasteiger partial charge in [0, 0.05) is 12.2 Å². The SMILES string of the molecule is CCOC(=O)c1ccc(N2C(=O)CC(N(CCc3ccc(OC)c(OC)c3)C(=S)Nc3ccc(OC)cc3)C2=O)cc1. The Hall–Kier alpha value is -4.64. The van der Waals surface area contributed by atoms with Gasteiger partial charge in [-0.25, -0.2) is 9.69 Å². The Kier molecular flexibility index (Phi) is 9.98. The van der Waals surface area contributed by atoms with Gasteiger partial charge in [0.1, 0.15) is 11.8 Å². The lowest BCUT2D eigenvalue weighted by Gasteiger charge is -2.30. The average Bonchev–Trinajstić information content (AvgIpc) is 3.30. The first kappa shape index (κ1) is 30.3. The highest BCUT2D eigenvalue weighted by Crippen LogP contribution is 2.30. The van der Waals surface area contributed by atoms with Crippen LogP contribution >= 0.6 is 12.2 Å². The zero-order valence-electron chi connectivity index (χ0n) is 23.9. The smallest absolute Gasteiger partial charge is 0.338 e. The number of hydrogen-bond donors (Lipinski definition) is 1. The molecule has 3 aromatic carbocycles. The maximum absolute atomic E-state index is 13.7. The van der Waals surface area contributed by atoms with E-state index in [4.69, 9.17) is 31.2 Å². The van der Waals surface area contributed by atoms with Gasteiger partial charge in [-0.3, -0.25) is 9.59 Å². The van der Waals surface area contributed by atoms with Gasteiger partial charge in [0.2, 0.25) is 5.91 Å². The van der Waals surface area contributed by atoms with Crippen LogP contribution in [0.1, 0.15) is 29.3 Å². The topological polar surface area (TPSA) is 107 Å². The van der Waals surface area contributed by atoms with Crippen LogP contribution < -0.4 is 24.4 Å². The van der Waals surface area contributed by atoms with Gasteiger partial charge in [0.25, 0.3) is 5.91 Å². The molecule has 1 heterocycles. The number of rotatable bonds is 11. The van der Waals surface area contributed by atoms with Gasteiger partial charge in [0.05, 0.1) is 45.6 Å². The summed E-state index contributed by atoms with van der Waals surface area (Å²) in [6.07, 6.45) is 0.450. The molecule has 0 saturated carbocycles. The third-order valence-corrected chi connectivity index (χ3v) is 7.16. The molecular formula is C31H33N3O7S. The van der Waals surface area contributed by atoms with E-state index < -0.39 is 17.9 Å². The highest BCUT2D eigenvalue weighted by molar-refractivity contribution is 7.80. The van der Waals surface area contributed by atoms with Crippen molar-refractivity contribution in [2.24, 2.45) is 0 Å². The molecule has 2 amide bonds. The number of nitrogens with one attached hydrogen (secondary N) is 1. The molecule has 0 spiro atoms. The minimum Gasteiger partial charge on any atom is -0.497 e. The van der Waals surface area contributed by atoms with Crippen LogP contribution in [0, 0.1) is 0 Å². The normalized spacial score (nSPS) is 14.4. The number of benzene rings is 3. The molecule has 1 N–H and O–H groups in total. The number of nitrogens with zero attached hydrogens (tertiary/aromatic N) is 2. The average molecular weight is 592 g/mol. The summed E-state index contributed by atoms with van der Waals surface area (Å²) < 4.78 is 21.0. The van der Waals surface area contributed by atoms with Gasteiger partial charge < -0.3 is 29.2 Å². The number of amides is 2. The van der Waals surface area contributed by atoms with Crippen LogP contribution in [-0.4, -0.2) is 68.3 Å². The number of carbonyl (C=O) groups is 3. The highest BCUT2D eigenvalue weighted by atomic mass is 32.1. The quantitative estimate of drug-likeness (QED) is 0.195. The summed E-state index contributed by atoms with van der Waals surface area (Å²) in [4.78, 5) is 41.9. The maximum atomic E-state index is 13.7. The summed E-state index contributed by atoms with van der Waals surface area (Å²) in [7, 11) is 4.72. The van der Waals surface area contributed by atoms with Gasteiger partial charge in [-0.1, -0.05) is 6.07 Å². The van der Waals surface area contributed by atoms with E-state index in [0.29, 0.717) is 52.3 Å². The van der Waals surface area contributed by atoms with E-state index in [0.717, 1.165) is 10.5 Å². The second-order valence-electron chi connectivity index (χ2n) is 9.35. The molecular weight excluding hydrogens is 558 g/mol. The minimum absolute atomic E-state index is 0.0607. The first-order chi connectivity index (χ1) is 20.3. The van der Waals surface area contributed by atoms with E-state index in [2.05, 4.69) is 5.32 Å². The summed E-state index contributed by atoms with van der Waals surface area (Å²) >= 11 is 5.78. The maximum Gasteiger partial charge on any atom is 0.338 e. The second kappa shape index (κ2) is 13.8. The number of imide groups is 1. The monoisotopic (exact) mass is 591 g/mol. The van der Waals surface area contributed by atoms with Gasteiger partial charge >= 0.3 is 5.97 Å². The predicted octanol–water partition coefficient (Wildman–Crippen LogP) is 4.46. The summed E-state index contributed by atoms with van der Waals surface area (Å²) in [6.45, 7) is 2.31. The number of carbonyl (C=O) groups excluding carboxylic acids is 3. The fourth-order valence-electron chi connectivity index (χ4n) is 4.65. The molecule has 1 aliphatic rings. The molecule has 11 heteroatoms. The number of esters is 1. The predicted molar refractivity (Wildman–Crippen MR) is 162 cm³/mol. The fourth-order valence-corrected chi connectivity index (χ4v) is 4.98. The first-order valence-electron chi connectivity index (χ1n) is 13.4. The molecule has 1 unspecified atom stereocenters. The van der Waals surface area contributed by atoms with Crippen molar-refractivity contribution in [3.63, 3.8) is 0 Å². The van der Waals surface area contributed by atoms with Gasteiger partial charge in [0.15, 0.2) is 16.6 Å². The van der Waals surface area contributed by atoms with Crippen molar-refractivity contribution < 1.29 is 33.3 Å². The zero-order valence-corrected chi connectivity index (χ0v) is 24.7. The second-order valence-corrected chi connectivity index (χ2v) is 9.73. The van der Waals surface area contributed by atoms with Crippen LogP contribution in [-0.2, 0) is 20.7 Å². The summed E-state index contributed by atoms with van der Waals surface area (Å²) in [5.41, 5.74) is 2.35. The zero-order chi connectivity index (χ0) is 30.2. The number of methoxy groups -OCH3 is 3. The molecule has 0 aliphatic carbocycles. The van der Waals surface area contributed by atoms with Crippen LogP contribution in [0.3, 0.4) is 0 Å². The molecule has 1 atom stereocenters. The Morgan fingerprint density at radius 2 is 1.64 bits per heavy atom. The lowest BCUT2D eigenvalue weighted by molar-refractivity contribution is -0.122. The highest BCUT2D eigenvalue weighted by Gasteiger charge is 2.43. The van der Waals surface area contributed by atoms with Crippen LogP contribution in [0.5, 0.6) is 17.2 Å². The third-order valence-electron chi connectivity index (χ3n) is 6.83. The molecule has 1 fully saturated rings. The number of ether oxygens (including phenoxy) is 4. The van der Waals surface area contributed by atoms with E-state index in [1.165, 1.54) is 12.1 Å². The van der Waals surface area contributed by atoms with Crippen LogP contribution in [0.4, 0.5) is 11.4 Å². The molecule has 4 rings (SSSR count). The minimum atomic E-state index is -0.833. The lowest BCUT2D eigenvalue weighted by Crippen LogP contribution is -2.48. The van der Waals surface area contributed by atoms with E-state index in [-0.39, 0.29) is 18.9 Å².